The van der Waals surface area contributed by atoms with Crippen LogP contribution in [0.5, 0.6) is 5.75 Å². The van der Waals surface area contributed by atoms with E-state index in [-0.39, 0.29) is 11.9 Å². The van der Waals surface area contributed by atoms with Crippen molar-refractivity contribution >= 4 is 5.91 Å². The highest BCUT2D eigenvalue weighted by atomic mass is 16.5. The van der Waals surface area contributed by atoms with E-state index < -0.39 is 0 Å². The highest BCUT2D eigenvalue weighted by Crippen LogP contribution is 2.19. The normalized spacial score (nSPS) is 17.4. The summed E-state index contributed by atoms with van der Waals surface area (Å²) in [5.41, 5.74) is 0.770. The Kier molecular flexibility index (Phi) is 4.44. The molecule has 3 rings (SSSR count). The Hall–Kier alpha value is -2.27. The smallest absolute Gasteiger partial charge is 0.290 e. The van der Waals surface area contributed by atoms with E-state index in [9.17, 15) is 4.79 Å². The zero-order valence-electron chi connectivity index (χ0n) is 12.6. The van der Waals surface area contributed by atoms with E-state index in [0.717, 1.165) is 30.8 Å². The fourth-order valence-electron chi connectivity index (χ4n) is 2.61. The molecule has 2 aromatic rings. The minimum absolute atomic E-state index is 0.0923. The molecule has 0 radical (unpaired) electrons. The molecule has 22 heavy (non-hydrogen) atoms. The van der Waals surface area contributed by atoms with Gasteiger partial charge in [0.1, 0.15) is 12.4 Å². The van der Waals surface area contributed by atoms with Crippen LogP contribution in [0.1, 0.15) is 22.5 Å². The summed E-state index contributed by atoms with van der Waals surface area (Å²) in [6, 6.07) is 11.5. The van der Waals surface area contributed by atoms with Gasteiger partial charge in [-0.15, -0.1) is 0 Å². The monoisotopic (exact) mass is 300 g/mol. The molecular formula is C17H20N2O3. The lowest BCUT2D eigenvalue weighted by molar-refractivity contribution is 0.0708. The van der Waals surface area contributed by atoms with E-state index in [0.29, 0.717) is 12.4 Å². The maximum Gasteiger partial charge on any atom is 0.290 e. The van der Waals surface area contributed by atoms with Crippen LogP contribution in [0, 0.1) is 0 Å². The molecule has 0 spiro atoms. The largest absolute Gasteiger partial charge is 0.489 e. The van der Waals surface area contributed by atoms with Gasteiger partial charge >= 0.3 is 0 Å². The van der Waals surface area contributed by atoms with Crippen LogP contribution in [0.25, 0.3) is 0 Å². The van der Waals surface area contributed by atoms with E-state index in [1.165, 1.54) is 6.26 Å². The lowest BCUT2D eigenvalue weighted by Crippen LogP contribution is -2.38. The Bertz CT molecular complexity index is 618. The van der Waals surface area contributed by atoms with Crippen LogP contribution >= 0.6 is 0 Å². The van der Waals surface area contributed by atoms with Crippen LogP contribution in [0.15, 0.2) is 47.1 Å². The summed E-state index contributed by atoms with van der Waals surface area (Å²) in [6.07, 6.45) is 2.51. The summed E-state index contributed by atoms with van der Waals surface area (Å²) in [4.78, 5) is 14.3. The molecule has 5 heteroatoms. The second-order valence-electron chi connectivity index (χ2n) is 5.44. The number of benzene rings is 1. The van der Waals surface area contributed by atoms with E-state index >= 15 is 0 Å². The first-order valence-corrected chi connectivity index (χ1v) is 7.48. The van der Waals surface area contributed by atoms with Gasteiger partial charge in [0.05, 0.1) is 6.26 Å². The number of nitrogens with zero attached hydrogens (tertiary/aromatic N) is 1. The van der Waals surface area contributed by atoms with E-state index in [1.54, 1.807) is 11.0 Å². The molecule has 116 valence electrons. The van der Waals surface area contributed by atoms with Crippen LogP contribution in [0.2, 0.25) is 0 Å². The van der Waals surface area contributed by atoms with Gasteiger partial charge in [-0.05, 0) is 31.2 Å². The quantitative estimate of drug-likeness (QED) is 0.920. The van der Waals surface area contributed by atoms with Gasteiger partial charge in [-0.3, -0.25) is 4.79 Å². The summed E-state index contributed by atoms with van der Waals surface area (Å²) < 4.78 is 11.1. The predicted octanol–water partition coefficient (Wildman–Crippen LogP) is 2.29. The van der Waals surface area contributed by atoms with E-state index in [2.05, 4.69) is 5.32 Å². The molecule has 0 saturated carbocycles. The molecule has 1 fully saturated rings. The van der Waals surface area contributed by atoms with Crippen LogP contribution in [-0.4, -0.2) is 37.0 Å². The summed E-state index contributed by atoms with van der Waals surface area (Å²) in [5, 5.41) is 3.27. The van der Waals surface area contributed by atoms with Gasteiger partial charge in [0.25, 0.3) is 5.91 Å². The molecule has 1 atom stereocenters. The molecule has 1 amide bonds. The number of nitrogens with one attached hydrogen (secondary N) is 1. The van der Waals surface area contributed by atoms with Crippen molar-refractivity contribution in [3.05, 3.63) is 54.0 Å². The van der Waals surface area contributed by atoms with Crippen LogP contribution in [0.3, 0.4) is 0 Å². The molecule has 1 aliphatic rings. The highest BCUT2D eigenvalue weighted by Gasteiger charge is 2.27. The average molecular weight is 300 g/mol. The number of furan rings is 1. The van der Waals surface area contributed by atoms with Gasteiger partial charge in [0, 0.05) is 25.2 Å². The van der Waals surface area contributed by atoms with Crippen LogP contribution < -0.4 is 10.1 Å². The van der Waals surface area contributed by atoms with Crippen molar-refractivity contribution in [3.8, 4) is 5.75 Å². The van der Waals surface area contributed by atoms with Gasteiger partial charge in [-0.25, -0.2) is 0 Å². The minimum Gasteiger partial charge on any atom is -0.489 e. The Morgan fingerprint density at radius 1 is 1.36 bits per heavy atom. The zero-order chi connectivity index (χ0) is 15.4. The minimum atomic E-state index is -0.0923. The molecule has 5 nitrogen and oxygen atoms in total. The third-order valence-electron chi connectivity index (χ3n) is 3.98. The first-order chi connectivity index (χ1) is 10.8. The first kappa shape index (κ1) is 14.7. The molecule has 1 aromatic heterocycles. The third kappa shape index (κ3) is 3.14. The fraction of sp³-hybridized carbons (Fsp3) is 0.353. The lowest BCUT2D eigenvalue weighted by Gasteiger charge is -2.23. The summed E-state index contributed by atoms with van der Waals surface area (Å²) in [6.45, 7) is 2.10. The van der Waals surface area contributed by atoms with Gasteiger partial charge < -0.3 is 19.4 Å². The molecule has 1 N–H and O–H groups in total. The number of para-hydroxylation sites is 1. The zero-order valence-corrected chi connectivity index (χ0v) is 12.6. The lowest BCUT2D eigenvalue weighted by atomic mass is 10.2. The Balaban J connectivity index is 1.67. The standard InChI is InChI=1S/C17H20N2O3/c1-19(14-7-9-18-11-14)17(20)16-13(8-10-21-16)12-22-15-5-3-2-4-6-15/h2-6,8,10,14,18H,7,9,11-12H2,1H3. The van der Waals surface area contributed by atoms with Crippen molar-refractivity contribution < 1.29 is 13.9 Å². The van der Waals surface area contributed by atoms with Gasteiger partial charge in [-0.1, -0.05) is 18.2 Å². The molecule has 1 aromatic carbocycles. The second-order valence-corrected chi connectivity index (χ2v) is 5.44. The second kappa shape index (κ2) is 6.66. The van der Waals surface area contributed by atoms with Crippen LogP contribution in [0.4, 0.5) is 0 Å². The molecule has 1 unspecified atom stereocenters. The summed E-state index contributed by atoms with van der Waals surface area (Å²) in [5.74, 6) is 1.05. The van der Waals surface area contributed by atoms with E-state index in [4.69, 9.17) is 9.15 Å². The van der Waals surface area contributed by atoms with Gasteiger partial charge in [0.2, 0.25) is 0 Å². The first-order valence-electron chi connectivity index (χ1n) is 7.48. The number of likely N-dealkylation sites (N-methyl/N-ethyl adjacent to an activating group) is 1. The van der Waals surface area contributed by atoms with Crippen molar-refractivity contribution in [2.24, 2.45) is 0 Å². The number of hydrogen-bond acceptors (Lipinski definition) is 4. The molecule has 1 aliphatic heterocycles. The maximum absolute atomic E-state index is 12.6. The number of carbonyl (C=O) groups excluding carboxylic acids is 1. The summed E-state index contributed by atoms with van der Waals surface area (Å²) in [7, 11) is 1.82. The molecule has 2 heterocycles. The van der Waals surface area contributed by atoms with Crippen LogP contribution in [-0.2, 0) is 6.61 Å². The van der Waals surface area contributed by atoms with Crippen molar-refractivity contribution in [3.63, 3.8) is 0 Å². The third-order valence-corrected chi connectivity index (χ3v) is 3.98. The summed E-state index contributed by atoms with van der Waals surface area (Å²) >= 11 is 0. The topological polar surface area (TPSA) is 54.7 Å². The number of ether oxygens (including phenoxy) is 1. The number of hydrogen-bond donors (Lipinski definition) is 1. The van der Waals surface area contributed by atoms with Crippen molar-refractivity contribution in [1.29, 1.82) is 0 Å². The predicted molar refractivity (Wildman–Crippen MR) is 82.9 cm³/mol. The average Bonchev–Trinajstić information content (AvgIpc) is 3.24. The number of rotatable bonds is 5. The number of amides is 1. The van der Waals surface area contributed by atoms with E-state index in [1.807, 2.05) is 37.4 Å². The highest BCUT2D eigenvalue weighted by molar-refractivity contribution is 5.93. The van der Waals surface area contributed by atoms with Crippen molar-refractivity contribution in [1.82, 2.24) is 10.2 Å². The number of carbonyl (C=O) groups is 1. The van der Waals surface area contributed by atoms with Crippen molar-refractivity contribution in [2.45, 2.75) is 19.1 Å². The van der Waals surface area contributed by atoms with Gasteiger partial charge in [-0.2, -0.15) is 0 Å². The maximum atomic E-state index is 12.6. The Morgan fingerprint density at radius 3 is 2.91 bits per heavy atom. The molecule has 1 saturated heterocycles. The molecular weight excluding hydrogens is 280 g/mol. The van der Waals surface area contributed by atoms with Gasteiger partial charge in [0.15, 0.2) is 5.76 Å². The Morgan fingerprint density at radius 2 is 2.18 bits per heavy atom. The SMILES string of the molecule is CN(C(=O)c1occc1COc1ccccc1)C1CCNC1. The molecule has 0 aliphatic carbocycles. The van der Waals surface area contributed by atoms with Crippen molar-refractivity contribution in [2.75, 3.05) is 20.1 Å². The fourth-order valence-corrected chi connectivity index (χ4v) is 2.61. The Labute approximate surface area is 129 Å². The molecule has 0 bridgehead atoms.